The molecule has 1 aliphatic rings. The predicted octanol–water partition coefficient (Wildman–Crippen LogP) is 4.42. The second-order valence-corrected chi connectivity index (χ2v) is 6.06. The second kappa shape index (κ2) is 5.19. The van der Waals surface area contributed by atoms with Gasteiger partial charge in [-0.2, -0.15) is 0 Å². The number of rotatable bonds is 1. The number of hydrogen-bond donors (Lipinski definition) is 1. The molecule has 0 aliphatic carbocycles. The van der Waals surface area contributed by atoms with Gasteiger partial charge in [0.2, 0.25) is 0 Å². The quantitative estimate of drug-likeness (QED) is 0.837. The first kappa shape index (κ1) is 13.6. The van der Waals surface area contributed by atoms with E-state index in [2.05, 4.69) is 15.9 Å². The lowest BCUT2D eigenvalue weighted by Gasteiger charge is -2.31. The van der Waals surface area contributed by atoms with Crippen molar-refractivity contribution >= 4 is 15.9 Å². The van der Waals surface area contributed by atoms with Gasteiger partial charge in [0, 0.05) is 22.5 Å². The second-order valence-electron chi connectivity index (χ2n) is 5.14. The molecule has 104 valence electrons. The third-order valence-electron chi connectivity index (χ3n) is 3.66. The Balaban J connectivity index is 1.94. The molecule has 4 heteroatoms. The van der Waals surface area contributed by atoms with Gasteiger partial charge in [0.05, 0.1) is 0 Å². The lowest BCUT2D eigenvalue weighted by molar-refractivity contribution is 0.161. The molecule has 2 aromatic carbocycles. The van der Waals surface area contributed by atoms with Crippen LogP contribution in [0.1, 0.15) is 35.3 Å². The van der Waals surface area contributed by atoms with Crippen LogP contribution in [0.4, 0.5) is 4.39 Å². The van der Waals surface area contributed by atoms with Crippen molar-refractivity contribution in [1.29, 1.82) is 0 Å². The van der Waals surface area contributed by atoms with E-state index in [9.17, 15) is 4.39 Å². The molecule has 2 N–H and O–H groups in total. The fraction of sp³-hybridized carbons (Fsp3) is 0.250. The highest BCUT2D eigenvalue weighted by Crippen LogP contribution is 2.40. The molecule has 20 heavy (non-hydrogen) atoms. The summed E-state index contributed by atoms with van der Waals surface area (Å²) in [7, 11) is 0. The SMILES string of the molecule is Cc1cc(C2C[C@@H](N)c3cc(Br)ccc3O2)ccc1F. The summed E-state index contributed by atoms with van der Waals surface area (Å²) in [5, 5.41) is 0. The van der Waals surface area contributed by atoms with Gasteiger partial charge in [-0.05, 0) is 48.4 Å². The Morgan fingerprint density at radius 3 is 2.80 bits per heavy atom. The molecule has 0 saturated heterocycles. The van der Waals surface area contributed by atoms with Crippen LogP contribution in [0.25, 0.3) is 0 Å². The molecule has 0 radical (unpaired) electrons. The fourth-order valence-corrected chi connectivity index (χ4v) is 2.93. The minimum atomic E-state index is -0.196. The van der Waals surface area contributed by atoms with E-state index in [0.717, 1.165) is 21.3 Å². The van der Waals surface area contributed by atoms with Gasteiger partial charge in [0.1, 0.15) is 17.7 Å². The first-order valence-corrected chi connectivity index (χ1v) is 7.31. The Hall–Kier alpha value is -1.39. The van der Waals surface area contributed by atoms with E-state index < -0.39 is 0 Å². The molecule has 2 atom stereocenters. The van der Waals surface area contributed by atoms with Gasteiger partial charge in [0.15, 0.2) is 0 Å². The van der Waals surface area contributed by atoms with E-state index in [1.165, 1.54) is 6.07 Å². The maximum Gasteiger partial charge on any atom is 0.126 e. The number of ether oxygens (including phenoxy) is 1. The van der Waals surface area contributed by atoms with E-state index in [4.69, 9.17) is 10.5 Å². The summed E-state index contributed by atoms with van der Waals surface area (Å²) in [6.07, 6.45) is 0.562. The lowest BCUT2D eigenvalue weighted by atomic mass is 9.93. The maximum absolute atomic E-state index is 13.4. The van der Waals surface area contributed by atoms with Crippen LogP contribution in [0.3, 0.4) is 0 Å². The number of fused-ring (bicyclic) bond motifs is 1. The van der Waals surface area contributed by atoms with Gasteiger partial charge >= 0.3 is 0 Å². The predicted molar refractivity (Wildman–Crippen MR) is 80.2 cm³/mol. The van der Waals surface area contributed by atoms with Gasteiger partial charge in [-0.3, -0.25) is 0 Å². The largest absolute Gasteiger partial charge is 0.485 e. The van der Waals surface area contributed by atoms with Crippen LogP contribution in [-0.2, 0) is 0 Å². The standard InChI is InChI=1S/C16H15BrFNO/c1-9-6-10(2-4-13(9)18)16-8-14(19)12-7-11(17)3-5-15(12)20-16/h2-7,14,16H,8,19H2,1H3/t14-,16?/m1/s1. The smallest absolute Gasteiger partial charge is 0.126 e. The molecule has 0 aromatic heterocycles. The fourth-order valence-electron chi connectivity index (χ4n) is 2.55. The van der Waals surface area contributed by atoms with E-state index in [1.807, 2.05) is 24.3 Å². The van der Waals surface area contributed by atoms with Crippen LogP contribution in [-0.4, -0.2) is 0 Å². The van der Waals surface area contributed by atoms with Gasteiger partial charge in [-0.25, -0.2) is 4.39 Å². The maximum atomic E-state index is 13.4. The topological polar surface area (TPSA) is 35.2 Å². The summed E-state index contributed by atoms with van der Waals surface area (Å²) in [5.41, 5.74) is 8.84. The number of halogens is 2. The zero-order valence-electron chi connectivity index (χ0n) is 11.1. The third-order valence-corrected chi connectivity index (χ3v) is 4.16. The van der Waals surface area contributed by atoms with Crippen molar-refractivity contribution < 1.29 is 9.13 Å². The highest BCUT2D eigenvalue weighted by Gasteiger charge is 2.27. The molecule has 0 fully saturated rings. The third kappa shape index (κ3) is 2.45. The summed E-state index contributed by atoms with van der Waals surface area (Å²) in [6.45, 7) is 1.76. The normalized spacial score (nSPS) is 21.2. The molecule has 0 bridgehead atoms. The molecule has 1 unspecified atom stereocenters. The summed E-state index contributed by atoms with van der Waals surface area (Å²) in [6, 6.07) is 10.8. The number of hydrogen-bond acceptors (Lipinski definition) is 2. The van der Waals surface area contributed by atoms with Crippen molar-refractivity contribution in [1.82, 2.24) is 0 Å². The van der Waals surface area contributed by atoms with Gasteiger partial charge in [0.25, 0.3) is 0 Å². The van der Waals surface area contributed by atoms with Crippen LogP contribution in [0.15, 0.2) is 40.9 Å². The number of benzene rings is 2. The van der Waals surface area contributed by atoms with Crippen LogP contribution in [0.2, 0.25) is 0 Å². The summed E-state index contributed by atoms with van der Waals surface area (Å²) in [4.78, 5) is 0. The highest BCUT2D eigenvalue weighted by atomic mass is 79.9. The van der Waals surface area contributed by atoms with E-state index in [-0.39, 0.29) is 18.0 Å². The van der Waals surface area contributed by atoms with Gasteiger partial charge in [-0.15, -0.1) is 0 Å². The molecular formula is C16H15BrFNO. The van der Waals surface area contributed by atoms with Crippen molar-refractivity contribution in [2.75, 3.05) is 0 Å². The summed E-state index contributed by atoms with van der Waals surface area (Å²) < 4.78 is 20.4. The Bertz CT molecular complexity index is 659. The highest BCUT2D eigenvalue weighted by molar-refractivity contribution is 9.10. The molecule has 1 heterocycles. The van der Waals surface area contributed by atoms with Crippen LogP contribution >= 0.6 is 15.9 Å². The average Bonchev–Trinajstić information content (AvgIpc) is 2.42. The molecule has 0 spiro atoms. The molecule has 3 rings (SSSR count). The average molecular weight is 336 g/mol. The molecular weight excluding hydrogens is 321 g/mol. The monoisotopic (exact) mass is 335 g/mol. The minimum Gasteiger partial charge on any atom is -0.485 e. The Labute approximate surface area is 125 Å². The Morgan fingerprint density at radius 1 is 1.25 bits per heavy atom. The van der Waals surface area contributed by atoms with Crippen molar-refractivity contribution in [2.45, 2.75) is 25.5 Å². The Kier molecular flexibility index (Phi) is 3.52. The van der Waals surface area contributed by atoms with Crippen molar-refractivity contribution in [3.05, 3.63) is 63.4 Å². The van der Waals surface area contributed by atoms with Gasteiger partial charge < -0.3 is 10.5 Å². The first-order chi connectivity index (χ1) is 9.54. The molecule has 2 nitrogen and oxygen atoms in total. The van der Waals surface area contributed by atoms with Crippen LogP contribution < -0.4 is 10.5 Å². The van der Waals surface area contributed by atoms with E-state index >= 15 is 0 Å². The van der Waals surface area contributed by atoms with Crippen molar-refractivity contribution in [3.63, 3.8) is 0 Å². The molecule has 0 saturated carbocycles. The number of aryl methyl sites for hydroxylation is 1. The van der Waals surface area contributed by atoms with Crippen molar-refractivity contribution in [3.8, 4) is 5.75 Å². The van der Waals surface area contributed by atoms with E-state index in [0.29, 0.717) is 12.0 Å². The molecule has 0 amide bonds. The Morgan fingerprint density at radius 2 is 2.05 bits per heavy atom. The minimum absolute atomic E-state index is 0.0772. The first-order valence-electron chi connectivity index (χ1n) is 6.52. The van der Waals surface area contributed by atoms with Crippen LogP contribution in [0.5, 0.6) is 5.75 Å². The summed E-state index contributed by atoms with van der Waals surface area (Å²) >= 11 is 3.44. The molecule has 2 aromatic rings. The van der Waals surface area contributed by atoms with Crippen molar-refractivity contribution in [2.24, 2.45) is 5.73 Å². The zero-order valence-corrected chi connectivity index (χ0v) is 12.7. The van der Waals surface area contributed by atoms with E-state index in [1.54, 1.807) is 13.0 Å². The molecule has 1 aliphatic heterocycles. The lowest BCUT2D eigenvalue weighted by Crippen LogP contribution is -2.24. The number of nitrogens with two attached hydrogens (primary N) is 1. The van der Waals surface area contributed by atoms with Crippen LogP contribution in [0, 0.1) is 12.7 Å². The zero-order chi connectivity index (χ0) is 14.3. The van der Waals surface area contributed by atoms with Gasteiger partial charge in [-0.1, -0.05) is 22.0 Å². The summed E-state index contributed by atoms with van der Waals surface area (Å²) in [5.74, 6) is 0.608.